The first-order valence-electron chi connectivity index (χ1n) is 8.81. The normalized spacial score (nSPS) is 22.2. The van der Waals surface area contributed by atoms with Crippen molar-refractivity contribution in [3.8, 4) is 6.07 Å². The van der Waals surface area contributed by atoms with E-state index >= 15 is 4.39 Å². The highest BCUT2D eigenvalue weighted by Gasteiger charge is 2.40. The molecule has 1 aromatic carbocycles. The maximum atomic E-state index is 15.1. The first kappa shape index (κ1) is 18.5. The Bertz CT molecular complexity index is 1090. The van der Waals surface area contributed by atoms with Gasteiger partial charge in [-0.3, -0.25) is 4.79 Å². The van der Waals surface area contributed by atoms with Gasteiger partial charge in [-0.15, -0.1) is 0 Å². The molecule has 3 heterocycles. The zero-order valence-electron chi connectivity index (χ0n) is 15.2. The van der Waals surface area contributed by atoms with Gasteiger partial charge in [-0.25, -0.2) is 13.9 Å². The third kappa shape index (κ3) is 3.46. The molecule has 3 unspecified atom stereocenters. The zero-order valence-corrected chi connectivity index (χ0v) is 16.4. The van der Waals surface area contributed by atoms with Gasteiger partial charge in [0.05, 0.1) is 23.9 Å². The summed E-state index contributed by atoms with van der Waals surface area (Å²) in [5, 5.41) is 11.5. The van der Waals surface area contributed by atoms with Crippen LogP contribution in [0.1, 0.15) is 39.6 Å². The molecule has 7 nitrogen and oxygen atoms in total. The highest BCUT2D eigenvalue weighted by molar-refractivity contribution is 7.18. The van der Waals surface area contributed by atoms with Crippen LogP contribution in [-0.4, -0.2) is 48.9 Å². The van der Waals surface area contributed by atoms with Crippen LogP contribution < -0.4 is 0 Å². The predicted octanol–water partition coefficient (Wildman–Crippen LogP) is 2.48. The van der Waals surface area contributed by atoms with Gasteiger partial charge in [-0.05, 0) is 43.7 Å². The lowest BCUT2D eigenvalue weighted by Crippen LogP contribution is -2.48. The van der Waals surface area contributed by atoms with Gasteiger partial charge in [0.1, 0.15) is 11.7 Å². The second-order valence-electron chi connectivity index (χ2n) is 7.10. The van der Waals surface area contributed by atoms with Crippen molar-refractivity contribution in [3.63, 3.8) is 0 Å². The number of piperidine rings is 1. The molecular weight excluding hydrogens is 378 g/mol. The van der Waals surface area contributed by atoms with Crippen molar-refractivity contribution in [1.82, 2.24) is 24.5 Å². The van der Waals surface area contributed by atoms with Crippen LogP contribution in [0, 0.1) is 18.3 Å². The maximum Gasteiger partial charge on any atom is 0.253 e. The monoisotopic (exact) mass is 396 g/mol. The number of hydrogen-bond donors (Lipinski definition) is 0. The van der Waals surface area contributed by atoms with Crippen molar-refractivity contribution in [2.24, 2.45) is 0 Å². The highest BCUT2D eigenvalue weighted by Crippen LogP contribution is 2.39. The van der Waals surface area contributed by atoms with Crippen LogP contribution >= 0.6 is 9.24 Å². The van der Waals surface area contributed by atoms with E-state index in [-0.39, 0.29) is 24.8 Å². The fourth-order valence-corrected chi connectivity index (χ4v) is 4.16. The number of likely N-dealkylation sites (tertiary alicyclic amines) is 1. The standard InChI is InChI=1S/C19H18FN6OP/c1-12-6-16(26-18(24-12)22-11-23-26)15-7-19(20,28)10-25(9-15)17(27)14-4-2-13(8-21)3-5-14/h2-6,11,15H,7,9-10,28H2,1H3. The maximum absolute atomic E-state index is 15.1. The lowest BCUT2D eigenvalue weighted by molar-refractivity contribution is 0.0543. The van der Waals surface area contributed by atoms with Gasteiger partial charge in [0.15, 0.2) is 0 Å². The molecule has 0 saturated carbocycles. The van der Waals surface area contributed by atoms with E-state index in [0.29, 0.717) is 23.4 Å². The number of hydrogen-bond acceptors (Lipinski definition) is 5. The van der Waals surface area contributed by atoms with Gasteiger partial charge in [0, 0.05) is 23.7 Å². The van der Waals surface area contributed by atoms with Crippen LogP contribution in [0.3, 0.4) is 0 Å². The van der Waals surface area contributed by atoms with E-state index in [1.165, 1.54) is 11.2 Å². The summed E-state index contributed by atoms with van der Waals surface area (Å²) in [5.74, 6) is -0.0671. The van der Waals surface area contributed by atoms with Gasteiger partial charge in [-0.2, -0.15) is 15.3 Å². The molecule has 1 amide bonds. The molecule has 1 aliphatic rings. The van der Waals surface area contributed by atoms with Gasteiger partial charge in [0.25, 0.3) is 11.7 Å². The Morgan fingerprint density at radius 1 is 1.39 bits per heavy atom. The average molecular weight is 396 g/mol. The molecule has 0 aliphatic carbocycles. The SMILES string of the molecule is Cc1cc(C2CN(C(=O)c3ccc(C#N)cc3)CC(F)(P)C2)n2ncnc2n1. The molecule has 0 N–H and O–H groups in total. The molecule has 1 fully saturated rings. The molecule has 1 saturated heterocycles. The minimum absolute atomic E-state index is 0.0163. The number of aryl methyl sites for hydroxylation is 1. The smallest absolute Gasteiger partial charge is 0.253 e. The van der Waals surface area contributed by atoms with Gasteiger partial charge >= 0.3 is 0 Å². The Morgan fingerprint density at radius 3 is 2.86 bits per heavy atom. The van der Waals surface area contributed by atoms with Gasteiger partial charge < -0.3 is 4.90 Å². The fraction of sp³-hybridized carbons (Fsp3) is 0.316. The summed E-state index contributed by atoms with van der Waals surface area (Å²) in [6, 6.07) is 10.3. The molecule has 1 aliphatic heterocycles. The quantitative estimate of drug-likeness (QED) is 0.621. The van der Waals surface area contributed by atoms with Gasteiger partial charge in [0.2, 0.25) is 0 Å². The molecule has 4 rings (SSSR count). The van der Waals surface area contributed by atoms with Crippen molar-refractivity contribution in [1.29, 1.82) is 5.26 Å². The molecule has 28 heavy (non-hydrogen) atoms. The second-order valence-corrected chi connectivity index (χ2v) is 8.14. The first-order valence-corrected chi connectivity index (χ1v) is 9.38. The predicted molar refractivity (Wildman–Crippen MR) is 103 cm³/mol. The molecule has 0 bridgehead atoms. The zero-order chi connectivity index (χ0) is 19.9. The molecule has 9 heteroatoms. The van der Waals surface area contributed by atoms with E-state index in [0.717, 1.165) is 11.4 Å². The van der Waals surface area contributed by atoms with Crippen LogP contribution in [0.2, 0.25) is 0 Å². The summed E-state index contributed by atoms with van der Waals surface area (Å²) in [6.45, 7) is 2.19. The van der Waals surface area contributed by atoms with Crippen molar-refractivity contribution in [2.75, 3.05) is 13.1 Å². The number of carbonyl (C=O) groups is 1. The Hall–Kier alpha value is -2.91. The Labute approximate surface area is 163 Å². The largest absolute Gasteiger partial charge is 0.334 e. The molecule has 2 aromatic heterocycles. The number of benzene rings is 1. The number of rotatable bonds is 2. The Kier molecular flexibility index (Phi) is 4.56. The number of nitrogens with zero attached hydrogens (tertiary/aromatic N) is 6. The molecule has 3 atom stereocenters. The lowest BCUT2D eigenvalue weighted by Gasteiger charge is -2.40. The van der Waals surface area contributed by atoms with Crippen LogP contribution in [-0.2, 0) is 0 Å². The number of halogens is 1. The van der Waals surface area contributed by atoms with Crippen molar-refractivity contribution in [3.05, 3.63) is 59.2 Å². The summed E-state index contributed by atoms with van der Waals surface area (Å²) in [6.07, 6.45) is 1.66. The summed E-state index contributed by atoms with van der Waals surface area (Å²) in [4.78, 5) is 22.9. The van der Waals surface area contributed by atoms with Crippen molar-refractivity contribution < 1.29 is 9.18 Å². The number of aromatic nitrogens is 4. The minimum Gasteiger partial charge on any atom is -0.334 e. The van der Waals surface area contributed by atoms with Crippen molar-refractivity contribution >= 4 is 20.9 Å². The number of carbonyl (C=O) groups excluding carboxylic acids is 1. The highest BCUT2D eigenvalue weighted by atomic mass is 31.0. The summed E-state index contributed by atoms with van der Waals surface area (Å²) < 4.78 is 16.7. The Balaban J connectivity index is 1.67. The first-order chi connectivity index (χ1) is 13.4. The van der Waals surface area contributed by atoms with E-state index in [2.05, 4.69) is 24.3 Å². The van der Waals surface area contributed by atoms with E-state index in [1.54, 1.807) is 28.8 Å². The molecule has 0 radical (unpaired) electrons. The molecule has 142 valence electrons. The van der Waals surface area contributed by atoms with E-state index in [1.807, 2.05) is 19.1 Å². The minimum atomic E-state index is -1.62. The van der Waals surface area contributed by atoms with Gasteiger partial charge in [-0.1, -0.05) is 9.24 Å². The number of alkyl halides is 1. The fourth-order valence-electron chi connectivity index (χ4n) is 3.66. The van der Waals surface area contributed by atoms with Crippen LogP contribution in [0.15, 0.2) is 36.7 Å². The Morgan fingerprint density at radius 2 is 2.14 bits per heavy atom. The van der Waals surface area contributed by atoms with E-state index in [9.17, 15) is 4.79 Å². The summed E-state index contributed by atoms with van der Waals surface area (Å²) in [5.41, 5.74) is 2.44. The topological polar surface area (TPSA) is 87.2 Å². The van der Waals surface area contributed by atoms with E-state index < -0.39 is 5.41 Å². The van der Waals surface area contributed by atoms with Crippen LogP contribution in [0.5, 0.6) is 0 Å². The van der Waals surface area contributed by atoms with Crippen molar-refractivity contribution in [2.45, 2.75) is 24.7 Å². The number of amides is 1. The van der Waals surface area contributed by atoms with Crippen LogP contribution in [0.4, 0.5) is 4.39 Å². The second kappa shape index (κ2) is 6.92. The third-order valence-electron chi connectivity index (χ3n) is 4.85. The molecular formula is C19H18FN6OP. The number of nitriles is 1. The average Bonchev–Trinajstić information content (AvgIpc) is 3.13. The summed E-state index contributed by atoms with van der Waals surface area (Å²) in [7, 11) is 2.24. The molecule has 3 aromatic rings. The number of fused-ring (bicyclic) bond motifs is 1. The lowest BCUT2D eigenvalue weighted by atomic mass is 9.92. The van der Waals surface area contributed by atoms with Crippen LogP contribution in [0.25, 0.3) is 5.78 Å². The summed E-state index contributed by atoms with van der Waals surface area (Å²) >= 11 is 0. The third-order valence-corrected chi connectivity index (χ3v) is 5.27. The molecule has 0 spiro atoms. The van der Waals surface area contributed by atoms with E-state index in [4.69, 9.17) is 5.26 Å².